The summed E-state index contributed by atoms with van der Waals surface area (Å²) >= 11 is 0. The van der Waals surface area contributed by atoms with E-state index in [4.69, 9.17) is 9.72 Å². The minimum Gasteiger partial charge on any atom is -0.497 e. The number of piperazine rings is 1. The Bertz CT molecular complexity index is 1370. The highest BCUT2D eigenvalue weighted by atomic mass is 16.5. The molecular formula is C28H31N5O2. The zero-order chi connectivity index (χ0) is 24.5. The maximum Gasteiger partial charge on any atom is 0.254 e. The summed E-state index contributed by atoms with van der Waals surface area (Å²) in [7, 11) is 1.68. The van der Waals surface area contributed by atoms with Gasteiger partial charge in [0.15, 0.2) is 5.65 Å². The quantitative estimate of drug-likeness (QED) is 0.413. The molecule has 0 N–H and O–H groups in total. The molecule has 35 heavy (non-hydrogen) atoms. The lowest BCUT2D eigenvalue weighted by molar-refractivity contribution is 0.0748. The van der Waals surface area contributed by atoms with E-state index < -0.39 is 0 Å². The van der Waals surface area contributed by atoms with Gasteiger partial charge in [-0.15, -0.1) is 0 Å². The molecule has 0 radical (unpaired) electrons. The summed E-state index contributed by atoms with van der Waals surface area (Å²) in [6.45, 7) is 9.06. The summed E-state index contributed by atoms with van der Waals surface area (Å²) in [5.41, 5.74) is 5.48. The van der Waals surface area contributed by atoms with Crippen LogP contribution in [0.3, 0.4) is 0 Å². The van der Waals surface area contributed by atoms with Crippen molar-refractivity contribution in [3.63, 3.8) is 0 Å². The predicted octanol–water partition coefficient (Wildman–Crippen LogP) is 4.96. The number of aromatic nitrogens is 3. The van der Waals surface area contributed by atoms with E-state index in [0.717, 1.165) is 52.4 Å². The van der Waals surface area contributed by atoms with Crippen molar-refractivity contribution in [2.45, 2.75) is 26.8 Å². The van der Waals surface area contributed by atoms with E-state index in [1.165, 1.54) is 0 Å². The number of ether oxygens (including phenoxy) is 1. The van der Waals surface area contributed by atoms with Gasteiger partial charge in [-0.3, -0.25) is 4.79 Å². The van der Waals surface area contributed by atoms with Gasteiger partial charge in [0, 0.05) is 49.5 Å². The monoisotopic (exact) mass is 469 g/mol. The molecule has 1 amide bonds. The first kappa shape index (κ1) is 22.9. The van der Waals surface area contributed by atoms with Gasteiger partial charge >= 0.3 is 0 Å². The van der Waals surface area contributed by atoms with Gasteiger partial charge < -0.3 is 14.5 Å². The minimum atomic E-state index is 0.0285. The second-order valence-electron chi connectivity index (χ2n) is 9.27. The normalized spacial score (nSPS) is 14.1. The zero-order valence-electron chi connectivity index (χ0n) is 20.7. The molecule has 3 heterocycles. The molecule has 0 unspecified atom stereocenters. The third-order valence-corrected chi connectivity index (χ3v) is 6.69. The van der Waals surface area contributed by atoms with Crippen LogP contribution < -0.4 is 9.64 Å². The van der Waals surface area contributed by atoms with Crippen molar-refractivity contribution in [2.24, 2.45) is 0 Å². The van der Waals surface area contributed by atoms with Crippen LogP contribution >= 0.6 is 0 Å². The number of carbonyl (C=O) groups excluding carboxylic acids is 1. The van der Waals surface area contributed by atoms with Crippen LogP contribution in [0.25, 0.3) is 22.3 Å². The zero-order valence-corrected chi connectivity index (χ0v) is 20.7. The molecule has 0 aliphatic carbocycles. The fourth-order valence-corrected chi connectivity index (χ4v) is 4.72. The molecule has 7 nitrogen and oxygen atoms in total. The van der Waals surface area contributed by atoms with Gasteiger partial charge in [0.25, 0.3) is 5.91 Å². The van der Waals surface area contributed by atoms with Crippen LogP contribution in [-0.2, 0) is 0 Å². The van der Waals surface area contributed by atoms with E-state index in [0.29, 0.717) is 18.7 Å². The van der Waals surface area contributed by atoms with Crippen molar-refractivity contribution in [3.05, 3.63) is 71.9 Å². The van der Waals surface area contributed by atoms with Crippen molar-refractivity contribution < 1.29 is 9.53 Å². The Morgan fingerprint density at radius 1 is 1.00 bits per heavy atom. The maximum absolute atomic E-state index is 13.8. The summed E-state index contributed by atoms with van der Waals surface area (Å²) < 4.78 is 7.27. The number of carbonyl (C=O) groups is 1. The fraction of sp³-hybridized carbons (Fsp3) is 0.321. The van der Waals surface area contributed by atoms with E-state index in [2.05, 4.69) is 49.0 Å². The molecule has 0 spiro atoms. The van der Waals surface area contributed by atoms with Crippen molar-refractivity contribution in [1.82, 2.24) is 19.7 Å². The summed E-state index contributed by atoms with van der Waals surface area (Å²) in [6.07, 6.45) is 1.78. The lowest BCUT2D eigenvalue weighted by Gasteiger charge is -2.36. The molecule has 180 valence electrons. The summed E-state index contributed by atoms with van der Waals surface area (Å²) in [4.78, 5) is 23.0. The number of pyridine rings is 1. The highest BCUT2D eigenvalue weighted by Crippen LogP contribution is 2.29. The molecule has 0 bridgehead atoms. The second-order valence-corrected chi connectivity index (χ2v) is 9.27. The number of amides is 1. The number of rotatable bonds is 5. The number of benzene rings is 2. The molecule has 1 aliphatic heterocycles. The van der Waals surface area contributed by atoms with Crippen LogP contribution in [0.5, 0.6) is 5.75 Å². The van der Waals surface area contributed by atoms with E-state index in [1.54, 1.807) is 13.3 Å². The van der Waals surface area contributed by atoms with E-state index in [1.807, 2.05) is 46.0 Å². The Balaban J connectivity index is 1.47. The van der Waals surface area contributed by atoms with Crippen molar-refractivity contribution >= 4 is 22.6 Å². The Morgan fingerprint density at radius 2 is 1.77 bits per heavy atom. The Morgan fingerprint density at radius 3 is 2.49 bits per heavy atom. The molecular weight excluding hydrogens is 438 g/mol. The standard InChI is InChI=1S/C28H31N5O2/c1-19(2)33-27-25(18-29-33)24(17-26(30-27)23-11-6-5-8-20(23)3)28(34)32-14-12-31(13-15-32)21-9-7-10-22(16-21)35-4/h5-11,16-19H,12-15H2,1-4H3. The van der Waals surface area contributed by atoms with Gasteiger partial charge in [0.05, 0.1) is 30.0 Å². The smallest absolute Gasteiger partial charge is 0.254 e. The third-order valence-electron chi connectivity index (χ3n) is 6.69. The van der Waals surface area contributed by atoms with E-state index in [-0.39, 0.29) is 11.9 Å². The van der Waals surface area contributed by atoms with Gasteiger partial charge in [-0.25, -0.2) is 9.67 Å². The molecule has 7 heteroatoms. The maximum atomic E-state index is 13.8. The van der Waals surface area contributed by atoms with Crippen LogP contribution in [0, 0.1) is 6.92 Å². The average molecular weight is 470 g/mol. The van der Waals surface area contributed by atoms with Crippen LogP contribution in [-0.4, -0.2) is 58.9 Å². The van der Waals surface area contributed by atoms with Crippen LogP contribution in [0.1, 0.15) is 35.8 Å². The number of nitrogens with zero attached hydrogens (tertiary/aromatic N) is 5. The number of methoxy groups -OCH3 is 1. The summed E-state index contributed by atoms with van der Waals surface area (Å²) in [5, 5.41) is 5.37. The van der Waals surface area contributed by atoms with Crippen molar-refractivity contribution in [2.75, 3.05) is 38.2 Å². The first-order chi connectivity index (χ1) is 17.0. The topological polar surface area (TPSA) is 63.5 Å². The Hall–Kier alpha value is -3.87. The molecule has 5 rings (SSSR count). The van der Waals surface area contributed by atoms with Gasteiger partial charge in [0.2, 0.25) is 0 Å². The molecule has 0 atom stereocenters. The number of aryl methyl sites for hydroxylation is 1. The molecule has 1 aliphatic rings. The van der Waals surface area contributed by atoms with Crippen LogP contribution in [0.15, 0.2) is 60.8 Å². The number of anilines is 1. The highest BCUT2D eigenvalue weighted by molar-refractivity contribution is 6.06. The molecule has 1 saturated heterocycles. The van der Waals surface area contributed by atoms with Gasteiger partial charge in [0.1, 0.15) is 5.75 Å². The lowest BCUT2D eigenvalue weighted by atomic mass is 10.0. The Labute approximate surface area is 205 Å². The van der Waals surface area contributed by atoms with Crippen molar-refractivity contribution in [3.8, 4) is 17.0 Å². The third kappa shape index (κ3) is 4.34. The summed E-state index contributed by atoms with van der Waals surface area (Å²) in [6, 6.07) is 18.3. The van der Waals surface area contributed by atoms with E-state index >= 15 is 0 Å². The average Bonchev–Trinajstić information content (AvgIpc) is 3.32. The van der Waals surface area contributed by atoms with Gasteiger partial charge in [-0.1, -0.05) is 30.3 Å². The highest BCUT2D eigenvalue weighted by Gasteiger charge is 2.26. The largest absolute Gasteiger partial charge is 0.497 e. The number of hydrogen-bond acceptors (Lipinski definition) is 5. The van der Waals surface area contributed by atoms with E-state index in [9.17, 15) is 4.79 Å². The van der Waals surface area contributed by atoms with Crippen LogP contribution in [0.2, 0.25) is 0 Å². The molecule has 4 aromatic rings. The first-order valence-electron chi connectivity index (χ1n) is 12.1. The van der Waals surface area contributed by atoms with Crippen molar-refractivity contribution in [1.29, 1.82) is 0 Å². The molecule has 0 saturated carbocycles. The summed E-state index contributed by atoms with van der Waals surface area (Å²) in [5.74, 6) is 0.868. The fourth-order valence-electron chi connectivity index (χ4n) is 4.72. The molecule has 2 aromatic carbocycles. The molecule has 2 aromatic heterocycles. The number of hydrogen-bond donors (Lipinski definition) is 0. The van der Waals surface area contributed by atoms with Gasteiger partial charge in [-0.2, -0.15) is 5.10 Å². The number of fused-ring (bicyclic) bond motifs is 1. The first-order valence-corrected chi connectivity index (χ1v) is 12.1. The van der Waals surface area contributed by atoms with Crippen LogP contribution in [0.4, 0.5) is 5.69 Å². The molecule has 1 fully saturated rings. The Kier molecular flexibility index (Phi) is 6.16. The van der Waals surface area contributed by atoms with Gasteiger partial charge in [-0.05, 0) is 44.5 Å². The SMILES string of the molecule is COc1cccc(N2CCN(C(=O)c3cc(-c4ccccc4C)nc4c3cnn4C(C)C)CC2)c1. The predicted molar refractivity (Wildman–Crippen MR) is 139 cm³/mol. The minimum absolute atomic E-state index is 0.0285. The lowest BCUT2D eigenvalue weighted by Crippen LogP contribution is -2.48. The second kappa shape index (κ2) is 9.41.